The van der Waals surface area contributed by atoms with Crippen molar-refractivity contribution in [3.63, 3.8) is 0 Å². The van der Waals surface area contributed by atoms with E-state index in [2.05, 4.69) is 31.2 Å². The van der Waals surface area contributed by atoms with Gasteiger partial charge in [-0.25, -0.2) is 9.97 Å². The van der Waals surface area contributed by atoms with E-state index in [4.69, 9.17) is 0 Å². The number of pyridine rings is 2. The molecular weight excluding hydrogens is 484 g/mol. The summed E-state index contributed by atoms with van der Waals surface area (Å²) in [7, 11) is 0. The highest BCUT2D eigenvalue weighted by atomic mass is 16.2. The Labute approximate surface area is 221 Å². The molecule has 10 heteroatoms. The highest BCUT2D eigenvalue weighted by Gasteiger charge is 2.10. The van der Waals surface area contributed by atoms with Crippen LogP contribution in [0.15, 0.2) is 60.7 Å². The Morgan fingerprint density at radius 1 is 0.526 bits per heavy atom. The summed E-state index contributed by atoms with van der Waals surface area (Å²) in [6, 6.07) is 17.2. The summed E-state index contributed by atoms with van der Waals surface area (Å²) in [5, 5.41) is 10.9. The molecule has 3 rings (SSSR count). The maximum absolute atomic E-state index is 12.5. The molecule has 2 heterocycles. The molecule has 1 aromatic carbocycles. The lowest BCUT2D eigenvalue weighted by atomic mass is 10.1. The second kappa shape index (κ2) is 14.2. The molecule has 3 aromatic rings. The minimum atomic E-state index is -0.253. The number of rotatable bonds is 12. The fraction of sp³-hybridized carbons (Fsp3) is 0.286. The Bertz CT molecular complexity index is 1180. The van der Waals surface area contributed by atoms with Gasteiger partial charge in [-0.15, -0.1) is 0 Å². The van der Waals surface area contributed by atoms with Gasteiger partial charge in [0.1, 0.15) is 23.3 Å². The number of hydrogen-bond donors (Lipinski definition) is 4. The number of nitrogens with zero attached hydrogens (tertiary/aromatic N) is 2. The Morgan fingerprint density at radius 3 is 1.16 bits per heavy atom. The fourth-order valence-corrected chi connectivity index (χ4v) is 3.53. The van der Waals surface area contributed by atoms with Crippen molar-refractivity contribution in [3.05, 3.63) is 71.8 Å². The Hall–Kier alpha value is -4.60. The standard InChI is InChI=1S/C28H32N6O4/c1-3-7-25(35)31-21-9-5-11-23(29-21)33-27(37)17-19-13-15-20(16-14-19)18-28(38)34-24-12-6-10-22(30-24)32-26(36)8-4-2/h5-6,9-16H,3-4,7-8,17-18H2,1-2H3,(H2,29,31,33,35,37)(H2,30,32,34,36,38). The van der Waals surface area contributed by atoms with Crippen molar-refractivity contribution in [2.24, 2.45) is 0 Å². The van der Waals surface area contributed by atoms with Crippen LogP contribution in [0, 0.1) is 0 Å². The van der Waals surface area contributed by atoms with E-state index < -0.39 is 0 Å². The van der Waals surface area contributed by atoms with Gasteiger partial charge in [-0.05, 0) is 48.2 Å². The first-order valence-electron chi connectivity index (χ1n) is 12.6. The number of benzene rings is 1. The number of aromatic nitrogens is 2. The molecule has 0 fully saturated rings. The van der Waals surface area contributed by atoms with Crippen LogP contribution in [0.25, 0.3) is 0 Å². The fourth-order valence-electron chi connectivity index (χ4n) is 3.53. The molecule has 0 saturated heterocycles. The molecule has 0 aliphatic heterocycles. The van der Waals surface area contributed by atoms with Crippen molar-refractivity contribution in [1.29, 1.82) is 0 Å². The quantitative estimate of drug-likeness (QED) is 0.282. The van der Waals surface area contributed by atoms with Crippen molar-refractivity contribution in [2.75, 3.05) is 21.3 Å². The molecule has 0 saturated carbocycles. The smallest absolute Gasteiger partial charge is 0.229 e. The molecular formula is C28H32N6O4. The molecule has 4 N–H and O–H groups in total. The first-order valence-corrected chi connectivity index (χ1v) is 12.6. The zero-order valence-corrected chi connectivity index (χ0v) is 21.5. The Kier molecular flexibility index (Phi) is 10.5. The third-order valence-corrected chi connectivity index (χ3v) is 5.27. The van der Waals surface area contributed by atoms with Crippen molar-refractivity contribution in [3.8, 4) is 0 Å². The summed E-state index contributed by atoms with van der Waals surface area (Å²) in [6.45, 7) is 3.83. The van der Waals surface area contributed by atoms with Gasteiger partial charge in [0.15, 0.2) is 0 Å². The van der Waals surface area contributed by atoms with Crippen molar-refractivity contribution >= 4 is 46.9 Å². The van der Waals surface area contributed by atoms with Crippen LogP contribution in [0.4, 0.5) is 23.3 Å². The third kappa shape index (κ3) is 9.45. The molecule has 0 bridgehead atoms. The molecule has 0 radical (unpaired) electrons. The van der Waals surface area contributed by atoms with Gasteiger partial charge in [0.05, 0.1) is 12.8 Å². The summed E-state index contributed by atoms with van der Waals surface area (Å²) < 4.78 is 0. The van der Waals surface area contributed by atoms with E-state index in [1.165, 1.54) is 0 Å². The van der Waals surface area contributed by atoms with E-state index >= 15 is 0 Å². The summed E-state index contributed by atoms with van der Waals surface area (Å²) in [6.07, 6.45) is 2.52. The van der Waals surface area contributed by atoms with Crippen LogP contribution in [0.3, 0.4) is 0 Å². The van der Waals surface area contributed by atoms with Gasteiger partial charge in [0.2, 0.25) is 23.6 Å². The molecule has 0 unspecified atom stereocenters. The van der Waals surface area contributed by atoms with Gasteiger partial charge >= 0.3 is 0 Å². The van der Waals surface area contributed by atoms with Crippen LogP contribution < -0.4 is 21.3 Å². The zero-order valence-electron chi connectivity index (χ0n) is 21.5. The highest BCUT2D eigenvalue weighted by molar-refractivity contribution is 5.94. The first kappa shape index (κ1) is 28.0. The lowest BCUT2D eigenvalue weighted by Gasteiger charge is -2.09. The van der Waals surface area contributed by atoms with Gasteiger partial charge in [-0.3, -0.25) is 19.2 Å². The molecule has 198 valence electrons. The molecule has 0 aliphatic carbocycles. The van der Waals surface area contributed by atoms with Crippen LogP contribution >= 0.6 is 0 Å². The summed E-state index contributed by atoms with van der Waals surface area (Å²) in [5.74, 6) is 0.699. The minimum absolute atomic E-state index is 0.126. The number of carbonyl (C=O) groups excluding carboxylic acids is 4. The SMILES string of the molecule is CCCC(=O)Nc1cccc(NC(=O)Cc2ccc(CC(=O)Nc3cccc(NC(=O)CCC)n3)cc2)n1. The highest BCUT2D eigenvalue weighted by Crippen LogP contribution is 2.13. The van der Waals surface area contributed by atoms with E-state index in [-0.39, 0.29) is 36.5 Å². The maximum atomic E-state index is 12.5. The number of nitrogens with one attached hydrogen (secondary N) is 4. The van der Waals surface area contributed by atoms with Crippen molar-refractivity contribution < 1.29 is 19.2 Å². The lowest BCUT2D eigenvalue weighted by Crippen LogP contribution is -2.17. The normalized spacial score (nSPS) is 10.4. The lowest BCUT2D eigenvalue weighted by molar-refractivity contribution is -0.117. The molecule has 2 aromatic heterocycles. The van der Waals surface area contributed by atoms with Crippen LogP contribution in [-0.2, 0) is 32.0 Å². The minimum Gasteiger partial charge on any atom is -0.311 e. The zero-order chi connectivity index (χ0) is 27.3. The first-order chi connectivity index (χ1) is 18.3. The predicted molar refractivity (Wildman–Crippen MR) is 147 cm³/mol. The number of amides is 4. The van der Waals surface area contributed by atoms with Crippen LogP contribution in [0.2, 0.25) is 0 Å². The summed E-state index contributed by atoms with van der Waals surface area (Å²) in [5.41, 5.74) is 1.55. The Balaban J connectivity index is 1.49. The molecule has 0 aliphatic rings. The molecule has 0 atom stereocenters. The van der Waals surface area contributed by atoms with Crippen LogP contribution in [-0.4, -0.2) is 33.6 Å². The molecule has 0 spiro atoms. The second-order valence-electron chi connectivity index (χ2n) is 8.68. The summed E-state index contributed by atoms with van der Waals surface area (Å²) in [4.78, 5) is 57.0. The van der Waals surface area contributed by atoms with E-state index in [9.17, 15) is 19.2 Å². The molecule has 4 amide bonds. The topological polar surface area (TPSA) is 142 Å². The average Bonchev–Trinajstić information content (AvgIpc) is 2.86. The van der Waals surface area contributed by atoms with E-state index in [0.29, 0.717) is 36.1 Å². The number of carbonyl (C=O) groups is 4. The van der Waals surface area contributed by atoms with Crippen molar-refractivity contribution in [1.82, 2.24) is 9.97 Å². The van der Waals surface area contributed by atoms with Gasteiger partial charge in [-0.2, -0.15) is 0 Å². The molecule has 38 heavy (non-hydrogen) atoms. The molecule has 10 nitrogen and oxygen atoms in total. The van der Waals surface area contributed by atoms with Crippen LogP contribution in [0.5, 0.6) is 0 Å². The van der Waals surface area contributed by atoms with E-state index in [0.717, 1.165) is 24.0 Å². The number of hydrogen-bond acceptors (Lipinski definition) is 6. The van der Waals surface area contributed by atoms with E-state index in [1.54, 1.807) is 60.7 Å². The van der Waals surface area contributed by atoms with Gasteiger partial charge < -0.3 is 21.3 Å². The summed E-state index contributed by atoms with van der Waals surface area (Å²) >= 11 is 0. The predicted octanol–water partition coefficient (Wildman–Crippen LogP) is 4.32. The Morgan fingerprint density at radius 2 is 0.842 bits per heavy atom. The second-order valence-corrected chi connectivity index (χ2v) is 8.68. The van der Waals surface area contributed by atoms with E-state index in [1.807, 2.05) is 13.8 Å². The third-order valence-electron chi connectivity index (χ3n) is 5.27. The largest absolute Gasteiger partial charge is 0.311 e. The maximum Gasteiger partial charge on any atom is 0.229 e. The van der Waals surface area contributed by atoms with Gasteiger partial charge in [0, 0.05) is 12.8 Å². The average molecular weight is 517 g/mol. The number of anilines is 4. The van der Waals surface area contributed by atoms with Gasteiger partial charge in [-0.1, -0.05) is 50.2 Å². The van der Waals surface area contributed by atoms with Crippen LogP contribution in [0.1, 0.15) is 50.7 Å². The van der Waals surface area contributed by atoms with Crippen molar-refractivity contribution in [2.45, 2.75) is 52.4 Å². The monoisotopic (exact) mass is 516 g/mol. The van der Waals surface area contributed by atoms with Gasteiger partial charge in [0.25, 0.3) is 0 Å².